The van der Waals surface area contributed by atoms with Crippen LogP contribution in [0, 0.1) is 0 Å². The molecule has 0 spiro atoms. The van der Waals surface area contributed by atoms with Crippen molar-refractivity contribution < 1.29 is 0 Å². The molecular formula is C25H15BN2. The van der Waals surface area contributed by atoms with Gasteiger partial charge in [0, 0.05) is 22.0 Å². The van der Waals surface area contributed by atoms with Crippen LogP contribution in [0.4, 0.5) is 5.69 Å². The van der Waals surface area contributed by atoms with Gasteiger partial charge in [0.15, 0.2) is 0 Å². The van der Waals surface area contributed by atoms with Gasteiger partial charge in [0.25, 0.3) is 0 Å². The fourth-order valence-electron chi connectivity index (χ4n) is 5.43. The first-order valence-electron chi connectivity index (χ1n) is 9.63. The highest BCUT2D eigenvalue weighted by Crippen LogP contribution is 2.37. The van der Waals surface area contributed by atoms with E-state index in [1.807, 2.05) is 0 Å². The Hall–Kier alpha value is -3.59. The van der Waals surface area contributed by atoms with Gasteiger partial charge >= 0.3 is 0 Å². The predicted molar refractivity (Wildman–Crippen MR) is 120 cm³/mol. The molecular weight excluding hydrogens is 339 g/mol. The van der Waals surface area contributed by atoms with Crippen molar-refractivity contribution in [1.82, 2.24) is 4.57 Å². The molecule has 0 aliphatic carbocycles. The van der Waals surface area contributed by atoms with E-state index in [9.17, 15) is 0 Å². The van der Waals surface area contributed by atoms with Crippen LogP contribution >= 0.6 is 0 Å². The molecule has 0 radical (unpaired) electrons. The molecule has 128 valence electrons. The summed E-state index contributed by atoms with van der Waals surface area (Å²) in [6.45, 7) is 3.99. The summed E-state index contributed by atoms with van der Waals surface area (Å²) in [5.74, 6) is 0. The van der Waals surface area contributed by atoms with Crippen LogP contribution in [0.3, 0.4) is 0 Å². The van der Waals surface area contributed by atoms with Gasteiger partial charge in [0.1, 0.15) is 0 Å². The zero-order valence-corrected chi connectivity index (χ0v) is 15.2. The average molecular weight is 354 g/mol. The molecule has 3 heterocycles. The highest BCUT2D eigenvalue weighted by molar-refractivity contribution is 7.01. The highest BCUT2D eigenvalue weighted by atomic mass is 15.0. The third-order valence-corrected chi connectivity index (χ3v) is 6.47. The van der Waals surface area contributed by atoms with Crippen molar-refractivity contribution in [2.24, 2.45) is 4.99 Å². The van der Waals surface area contributed by atoms with Crippen molar-refractivity contribution in [3.05, 3.63) is 78.9 Å². The molecule has 0 saturated carbocycles. The van der Waals surface area contributed by atoms with Crippen LogP contribution in [0.25, 0.3) is 38.6 Å². The van der Waals surface area contributed by atoms with Crippen LogP contribution in [0.2, 0.25) is 0 Å². The molecule has 1 aromatic heterocycles. The molecule has 0 amide bonds. The Morgan fingerprint density at radius 3 is 2.54 bits per heavy atom. The number of rotatable bonds is 1. The Kier molecular flexibility index (Phi) is 2.49. The summed E-state index contributed by atoms with van der Waals surface area (Å²) in [6, 6.07) is 28.7. The summed E-state index contributed by atoms with van der Waals surface area (Å²) in [6.07, 6.45) is 0. The fraction of sp³-hybridized carbons (Fsp3) is 0. The molecule has 0 N–H and O–H groups in total. The summed E-state index contributed by atoms with van der Waals surface area (Å²) in [7, 11) is 0. The van der Waals surface area contributed by atoms with Crippen molar-refractivity contribution >= 4 is 57.3 Å². The van der Waals surface area contributed by atoms with E-state index in [2.05, 4.69) is 95.1 Å². The van der Waals surface area contributed by atoms with E-state index in [1.165, 1.54) is 55.0 Å². The van der Waals surface area contributed by atoms with Crippen molar-refractivity contribution in [1.29, 1.82) is 0 Å². The number of benzene rings is 4. The number of hydrogen-bond acceptors (Lipinski definition) is 1. The summed E-state index contributed by atoms with van der Waals surface area (Å²) in [5.41, 5.74) is 11.7. The number of hydrogen-bond donors (Lipinski definition) is 0. The van der Waals surface area contributed by atoms with Gasteiger partial charge < -0.3 is 4.57 Å². The van der Waals surface area contributed by atoms with Gasteiger partial charge in [-0.2, -0.15) is 0 Å². The fourth-order valence-corrected chi connectivity index (χ4v) is 5.43. The van der Waals surface area contributed by atoms with Crippen LogP contribution in [0.5, 0.6) is 0 Å². The molecule has 7 rings (SSSR count). The molecule has 2 nitrogen and oxygen atoms in total. The zero-order valence-electron chi connectivity index (χ0n) is 15.2. The van der Waals surface area contributed by atoms with Gasteiger partial charge in [-0.05, 0) is 53.0 Å². The minimum absolute atomic E-state index is 0.253. The SMILES string of the molecule is C=Nc1ccc2c(c1)B1c3c-2cccc3-n2c3ccccc3c3cccc1c32. The minimum Gasteiger partial charge on any atom is -0.310 e. The van der Waals surface area contributed by atoms with Gasteiger partial charge in [-0.15, -0.1) is 0 Å². The van der Waals surface area contributed by atoms with Crippen molar-refractivity contribution in [3.63, 3.8) is 0 Å². The minimum atomic E-state index is 0.253. The lowest BCUT2D eigenvalue weighted by atomic mass is 9.37. The van der Waals surface area contributed by atoms with Crippen molar-refractivity contribution in [3.8, 4) is 16.8 Å². The van der Waals surface area contributed by atoms with Crippen LogP contribution in [0.15, 0.2) is 83.9 Å². The second kappa shape index (κ2) is 4.82. The maximum atomic E-state index is 4.19. The van der Waals surface area contributed by atoms with E-state index in [0.29, 0.717) is 0 Å². The lowest BCUT2D eigenvalue weighted by molar-refractivity contribution is 1.19. The maximum absolute atomic E-state index is 4.19. The number of nitrogens with zero attached hydrogens (tertiary/aromatic N) is 2. The largest absolute Gasteiger partial charge is 0.310 e. The van der Waals surface area contributed by atoms with E-state index >= 15 is 0 Å². The molecule has 2 aliphatic heterocycles. The van der Waals surface area contributed by atoms with Gasteiger partial charge in [-0.1, -0.05) is 60.1 Å². The van der Waals surface area contributed by atoms with Gasteiger partial charge in [-0.3, -0.25) is 4.99 Å². The second-order valence-electron chi connectivity index (χ2n) is 7.70. The number of para-hydroxylation sites is 2. The van der Waals surface area contributed by atoms with E-state index in [4.69, 9.17) is 0 Å². The van der Waals surface area contributed by atoms with E-state index in [1.54, 1.807) is 0 Å². The third kappa shape index (κ3) is 1.51. The molecule has 28 heavy (non-hydrogen) atoms. The third-order valence-electron chi connectivity index (χ3n) is 6.47. The van der Waals surface area contributed by atoms with E-state index in [-0.39, 0.29) is 6.71 Å². The molecule has 5 aromatic rings. The first-order valence-corrected chi connectivity index (χ1v) is 9.63. The molecule has 4 aromatic carbocycles. The second-order valence-corrected chi connectivity index (χ2v) is 7.70. The standard InChI is InChI=1S/C25H15BN2/c1-27-15-12-13-16-18-7-5-11-23-24(18)26(21(16)14-15)20-9-4-8-19-17-6-2-3-10-22(17)28(23)25(19)20/h2-14H,1H2. The molecule has 0 fully saturated rings. The average Bonchev–Trinajstić information content (AvgIpc) is 3.27. The lowest BCUT2D eigenvalue weighted by Gasteiger charge is -2.24. The summed E-state index contributed by atoms with van der Waals surface area (Å²) in [5, 5.41) is 2.65. The normalized spacial score (nSPS) is 13.1. The quantitative estimate of drug-likeness (QED) is 0.314. The molecule has 2 aliphatic rings. The van der Waals surface area contributed by atoms with Crippen LogP contribution in [-0.2, 0) is 0 Å². The molecule has 0 saturated heterocycles. The van der Waals surface area contributed by atoms with Crippen molar-refractivity contribution in [2.75, 3.05) is 0 Å². The Balaban J connectivity index is 1.74. The maximum Gasteiger partial charge on any atom is 0.248 e. The van der Waals surface area contributed by atoms with Crippen molar-refractivity contribution in [2.45, 2.75) is 0 Å². The first kappa shape index (κ1) is 14.5. The Labute approximate surface area is 162 Å². The number of aliphatic imine (C=N–C) groups is 1. The predicted octanol–water partition coefficient (Wildman–Crippen LogP) is 3.93. The van der Waals surface area contributed by atoms with Gasteiger partial charge in [0.05, 0.1) is 11.2 Å². The van der Waals surface area contributed by atoms with Crippen LogP contribution < -0.4 is 16.4 Å². The molecule has 0 unspecified atom stereocenters. The topological polar surface area (TPSA) is 17.3 Å². The summed E-state index contributed by atoms with van der Waals surface area (Å²) >= 11 is 0. The van der Waals surface area contributed by atoms with Crippen LogP contribution in [0.1, 0.15) is 0 Å². The van der Waals surface area contributed by atoms with E-state index in [0.717, 1.165) is 5.69 Å². The summed E-state index contributed by atoms with van der Waals surface area (Å²) in [4.78, 5) is 4.19. The Morgan fingerprint density at radius 1 is 0.750 bits per heavy atom. The molecule has 3 heteroatoms. The monoisotopic (exact) mass is 354 g/mol. The lowest BCUT2D eigenvalue weighted by Crippen LogP contribution is -2.53. The Morgan fingerprint density at radius 2 is 1.61 bits per heavy atom. The Bertz CT molecular complexity index is 1490. The van der Waals surface area contributed by atoms with Crippen LogP contribution in [-0.4, -0.2) is 18.0 Å². The summed E-state index contributed by atoms with van der Waals surface area (Å²) < 4.78 is 2.47. The number of aromatic nitrogens is 1. The highest BCUT2D eigenvalue weighted by Gasteiger charge is 2.40. The van der Waals surface area contributed by atoms with Gasteiger partial charge in [0.2, 0.25) is 6.71 Å². The molecule has 0 bridgehead atoms. The molecule has 0 atom stereocenters. The number of fused-ring (bicyclic) bond motifs is 8. The van der Waals surface area contributed by atoms with E-state index < -0.39 is 0 Å². The zero-order chi connectivity index (χ0) is 18.4. The smallest absolute Gasteiger partial charge is 0.248 e. The van der Waals surface area contributed by atoms with Gasteiger partial charge in [-0.25, -0.2) is 0 Å². The first-order chi connectivity index (χ1) is 13.9.